The topological polar surface area (TPSA) is 56.6 Å². The monoisotopic (exact) mass is 427 g/mol. The molecule has 2 aromatic carbocycles. The zero-order chi connectivity index (χ0) is 21.9. The minimum absolute atomic E-state index is 0.00410. The van der Waals surface area contributed by atoms with Crippen LogP contribution >= 0.6 is 0 Å². The van der Waals surface area contributed by atoms with Crippen LogP contribution in [0.2, 0.25) is 0 Å². The van der Waals surface area contributed by atoms with Gasteiger partial charge in [0.05, 0.1) is 6.20 Å². The average molecular weight is 428 g/mol. The van der Waals surface area contributed by atoms with Crippen molar-refractivity contribution in [2.75, 3.05) is 13.2 Å². The summed E-state index contributed by atoms with van der Waals surface area (Å²) >= 11 is 0. The SMILES string of the molecule is C#CCOc1cccc(CN2Cc3ccc(-c4cnn(C5CCCCO5)c4)cc3C2=O)c1. The number of nitrogens with zero attached hydrogens (tertiary/aromatic N) is 3. The van der Waals surface area contributed by atoms with Crippen LogP contribution in [0.25, 0.3) is 11.1 Å². The van der Waals surface area contributed by atoms with Gasteiger partial charge in [0.1, 0.15) is 18.6 Å². The maximum atomic E-state index is 13.1. The number of rotatable bonds is 6. The Hall–Kier alpha value is -3.56. The summed E-state index contributed by atoms with van der Waals surface area (Å²) in [6, 6.07) is 13.8. The second-order valence-electron chi connectivity index (χ2n) is 8.20. The van der Waals surface area contributed by atoms with E-state index in [1.807, 2.05) is 58.4 Å². The molecule has 6 heteroatoms. The Bertz CT molecular complexity index is 1170. The number of hydrogen-bond donors (Lipinski definition) is 0. The molecule has 0 radical (unpaired) electrons. The summed E-state index contributed by atoms with van der Waals surface area (Å²) in [6.07, 6.45) is 12.4. The number of terminal acetylenes is 1. The average Bonchev–Trinajstić information content (AvgIpc) is 3.44. The van der Waals surface area contributed by atoms with Crippen LogP contribution in [0.4, 0.5) is 0 Å². The summed E-state index contributed by atoms with van der Waals surface area (Å²) in [5.41, 5.74) is 4.79. The van der Waals surface area contributed by atoms with Gasteiger partial charge in [0, 0.05) is 37.0 Å². The highest BCUT2D eigenvalue weighted by molar-refractivity contribution is 5.99. The standard InChI is InChI=1S/C26H25N3O3/c1-2-11-31-23-7-5-6-19(13-23)16-28-17-21-10-9-20(14-24(21)26(28)30)22-15-27-29(18-22)25-8-3-4-12-32-25/h1,5-7,9-10,13-15,18,25H,3-4,8,11-12,16-17H2. The molecule has 6 nitrogen and oxygen atoms in total. The molecule has 1 aromatic heterocycles. The highest BCUT2D eigenvalue weighted by Gasteiger charge is 2.28. The summed E-state index contributed by atoms with van der Waals surface area (Å²) < 4.78 is 13.2. The fourth-order valence-corrected chi connectivity index (χ4v) is 4.32. The molecule has 3 aromatic rings. The van der Waals surface area contributed by atoms with Gasteiger partial charge in [0.2, 0.25) is 0 Å². The molecule has 1 fully saturated rings. The van der Waals surface area contributed by atoms with Crippen molar-refractivity contribution in [1.82, 2.24) is 14.7 Å². The molecule has 0 aliphatic carbocycles. The lowest BCUT2D eigenvalue weighted by molar-refractivity contribution is -0.0394. The molecule has 0 spiro atoms. The minimum atomic E-state index is 0.00410. The van der Waals surface area contributed by atoms with Crippen LogP contribution in [0, 0.1) is 12.3 Å². The Balaban J connectivity index is 1.31. The first-order valence-corrected chi connectivity index (χ1v) is 10.9. The third-order valence-corrected chi connectivity index (χ3v) is 5.97. The first kappa shape index (κ1) is 20.3. The Kier molecular flexibility index (Phi) is 5.66. The van der Waals surface area contributed by atoms with Crippen molar-refractivity contribution < 1.29 is 14.3 Å². The van der Waals surface area contributed by atoms with Crippen molar-refractivity contribution in [3.05, 3.63) is 71.5 Å². The molecule has 1 saturated heterocycles. The van der Waals surface area contributed by atoms with Gasteiger partial charge in [0.25, 0.3) is 5.91 Å². The Morgan fingerprint density at radius 2 is 2.12 bits per heavy atom. The predicted molar refractivity (Wildman–Crippen MR) is 121 cm³/mol. The van der Waals surface area contributed by atoms with Gasteiger partial charge in [-0.3, -0.25) is 4.79 Å². The number of carbonyl (C=O) groups is 1. The Labute approximate surface area is 187 Å². The van der Waals surface area contributed by atoms with E-state index in [1.54, 1.807) is 0 Å². The van der Waals surface area contributed by atoms with Gasteiger partial charge >= 0.3 is 0 Å². The maximum absolute atomic E-state index is 13.1. The van der Waals surface area contributed by atoms with Gasteiger partial charge in [-0.05, 0) is 54.2 Å². The van der Waals surface area contributed by atoms with Gasteiger partial charge in [-0.15, -0.1) is 6.42 Å². The number of carbonyl (C=O) groups excluding carboxylic acids is 1. The number of benzene rings is 2. The molecule has 2 aliphatic rings. The second kappa shape index (κ2) is 8.89. The molecular weight excluding hydrogens is 402 g/mol. The molecule has 0 bridgehead atoms. The lowest BCUT2D eigenvalue weighted by Crippen LogP contribution is -2.23. The third-order valence-electron chi connectivity index (χ3n) is 5.97. The van der Waals surface area contributed by atoms with Crippen molar-refractivity contribution in [3.8, 4) is 29.2 Å². The molecule has 5 rings (SSSR count). The number of ether oxygens (including phenoxy) is 2. The van der Waals surface area contributed by atoms with E-state index < -0.39 is 0 Å². The largest absolute Gasteiger partial charge is 0.481 e. The smallest absolute Gasteiger partial charge is 0.254 e. The Morgan fingerprint density at radius 3 is 2.97 bits per heavy atom. The molecule has 1 amide bonds. The van der Waals surface area contributed by atoms with Gasteiger partial charge in [-0.25, -0.2) is 4.68 Å². The zero-order valence-corrected chi connectivity index (χ0v) is 17.9. The van der Waals surface area contributed by atoms with Crippen LogP contribution in [-0.4, -0.2) is 33.8 Å². The van der Waals surface area contributed by atoms with Crippen molar-refractivity contribution >= 4 is 5.91 Å². The van der Waals surface area contributed by atoms with E-state index in [0.29, 0.717) is 18.8 Å². The maximum Gasteiger partial charge on any atom is 0.254 e. The van der Waals surface area contributed by atoms with E-state index in [4.69, 9.17) is 15.9 Å². The van der Waals surface area contributed by atoms with Crippen LogP contribution in [0.15, 0.2) is 54.9 Å². The zero-order valence-electron chi connectivity index (χ0n) is 17.9. The lowest BCUT2D eigenvalue weighted by atomic mass is 10.0. The Morgan fingerprint density at radius 1 is 1.19 bits per heavy atom. The number of aromatic nitrogens is 2. The van der Waals surface area contributed by atoms with E-state index in [0.717, 1.165) is 53.7 Å². The first-order valence-electron chi connectivity index (χ1n) is 10.9. The molecule has 32 heavy (non-hydrogen) atoms. The molecule has 3 heterocycles. The van der Waals surface area contributed by atoms with Crippen LogP contribution in [-0.2, 0) is 17.8 Å². The summed E-state index contributed by atoms with van der Waals surface area (Å²) in [5, 5.41) is 4.50. The minimum Gasteiger partial charge on any atom is -0.481 e. The van der Waals surface area contributed by atoms with Crippen molar-refractivity contribution in [2.24, 2.45) is 0 Å². The normalized spacial score (nSPS) is 17.8. The highest BCUT2D eigenvalue weighted by Crippen LogP contribution is 2.31. The van der Waals surface area contributed by atoms with E-state index >= 15 is 0 Å². The summed E-state index contributed by atoms with van der Waals surface area (Å²) in [7, 11) is 0. The molecule has 1 unspecified atom stereocenters. The molecule has 0 N–H and O–H groups in total. The van der Waals surface area contributed by atoms with Crippen LogP contribution in [0.5, 0.6) is 5.75 Å². The third kappa shape index (κ3) is 4.12. The summed E-state index contributed by atoms with van der Waals surface area (Å²) in [4.78, 5) is 15.0. The number of hydrogen-bond acceptors (Lipinski definition) is 4. The molecule has 162 valence electrons. The highest BCUT2D eigenvalue weighted by atomic mass is 16.5. The second-order valence-corrected chi connectivity index (χ2v) is 8.20. The van der Waals surface area contributed by atoms with E-state index in [2.05, 4.69) is 17.1 Å². The lowest BCUT2D eigenvalue weighted by Gasteiger charge is -2.22. The van der Waals surface area contributed by atoms with Crippen molar-refractivity contribution in [3.63, 3.8) is 0 Å². The fraction of sp³-hybridized carbons (Fsp3) is 0.308. The predicted octanol–water partition coefficient (Wildman–Crippen LogP) is 4.42. The van der Waals surface area contributed by atoms with Gasteiger partial charge < -0.3 is 14.4 Å². The summed E-state index contributed by atoms with van der Waals surface area (Å²) in [5.74, 6) is 3.22. The van der Waals surface area contributed by atoms with E-state index in [-0.39, 0.29) is 18.7 Å². The number of fused-ring (bicyclic) bond motifs is 1. The number of amides is 1. The fourth-order valence-electron chi connectivity index (χ4n) is 4.32. The van der Waals surface area contributed by atoms with Crippen LogP contribution in [0.1, 0.15) is 47.0 Å². The molecule has 0 saturated carbocycles. The van der Waals surface area contributed by atoms with E-state index in [9.17, 15) is 4.79 Å². The van der Waals surface area contributed by atoms with Gasteiger partial charge in [-0.2, -0.15) is 5.10 Å². The van der Waals surface area contributed by atoms with Gasteiger partial charge in [0.15, 0.2) is 0 Å². The summed E-state index contributed by atoms with van der Waals surface area (Å²) in [6.45, 7) is 2.12. The van der Waals surface area contributed by atoms with E-state index in [1.165, 1.54) is 0 Å². The van der Waals surface area contributed by atoms with Crippen molar-refractivity contribution in [1.29, 1.82) is 0 Å². The van der Waals surface area contributed by atoms with Crippen molar-refractivity contribution in [2.45, 2.75) is 38.6 Å². The molecule has 1 atom stereocenters. The van der Waals surface area contributed by atoms with Crippen LogP contribution in [0.3, 0.4) is 0 Å². The quantitative estimate of drug-likeness (QED) is 0.547. The van der Waals surface area contributed by atoms with Crippen LogP contribution < -0.4 is 4.74 Å². The molecular formula is C26H25N3O3. The first-order chi connectivity index (χ1) is 15.7. The van der Waals surface area contributed by atoms with Gasteiger partial charge in [-0.1, -0.05) is 30.2 Å². The molecule has 2 aliphatic heterocycles.